The molecule has 4 heterocycles. The van der Waals surface area contributed by atoms with E-state index in [9.17, 15) is 4.79 Å². The lowest BCUT2D eigenvalue weighted by Crippen LogP contribution is -2.52. The summed E-state index contributed by atoms with van der Waals surface area (Å²) in [7, 11) is 0. The summed E-state index contributed by atoms with van der Waals surface area (Å²) in [6.45, 7) is 9.06. The fourth-order valence-electron chi connectivity index (χ4n) is 6.64. The second-order valence-electron chi connectivity index (χ2n) is 12.4. The van der Waals surface area contributed by atoms with Gasteiger partial charge in [0.05, 0.1) is 6.33 Å². The van der Waals surface area contributed by atoms with Gasteiger partial charge in [-0.15, -0.1) is 0 Å². The molecule has 1 aliphatic carbocycles. The third-order valence-corrected chi connectivity index (χ3v) is 8.79. The number of nitrogens with two attached hydrogens (primary N) is 2. The van der Waals surface area contributed by atoms with E-state index in [0.717, 1.165) is 31.4 Å². The number of carbonyl (C=O) groups is 1. The average molecular weight is 564 g/mol. The van der Waals surface area contributed by atoms with Crippen molar-refractivity contribution in [2.75, 3.05) is 18.0 Å². The summed E-state index contributed by atoms with van der Waals surface area (Å²) < 4.78 is 21.3. The molecule has 6 rings (SSSR count). The maximum absolute atomic E-state index is 12.6. The average Bonchev–Trinajstić information content (AvgIpc) is 3.55. The van der Waals surface area contributed by atoms with Crippen LogP contribution in [0, 0.1) is 5.92 Å². The maximum atomic E-state index is 12.6. The Morgan fingerprint density at radius 2 is 1.88 bits per heavy atom. The van der Waals surface area contributed by atoms with Crippen molar-refractivity contribution in [2.45, 2.75) is 102 Å². The highest BCUT2D eigenvalue weighted by Crippen LogP contribution is 2.45. The molecular weight excluding hydrogens is 522 g/mol. The summed E-state index contributed by atoms with van der Waals surface area (Å²) in [5, 5.41) is 0. The third kappa shape index (κ3) is 5.55. The minimum Gasteiger partial charge on any atom is -0.398 e. The quantitative estimate of drug-likeness (QED) is 0.352. The number of nitrogens with zero attached hydrogens (tertiary/aromatic N) is 5. The monoisotopic (exact) mass is 563 g/mol. The molecule has 1 aromatic carbocycles. The number of benzene rings is 1. The summed E-state index contributed by atoms with van der Waals surface area (Å²) in [6.07, 6.45) is 6.04. The molecule has 2 aliphatic heterocycles. The molecule has 4 atom stereocenters. The SMILES string of the molecule is CC(C)N(C[C@H]1O[C@@H](n2cnc3c(N)ncnc32)[C@@H]2OC(C)(C)O[C@@H]21)C1CC(CCC(=O)Cc2ccccc2N)C1. The van der Waals surface area contributed by atoms with E-state index in [-0.39, 0.29) is 24.1 Å². The van der Waals surface area contributed by atoms with Crippen molar-refractivity contribution in [3.05, 3.63) is 42.5 Å². The lowest BCUT2D eigenvalue weighted by molar-refractivity contribution is -0.199. The van der Waals surface area contributed by atoms with Crippen molar-refractivity contribution in [3.8, 4) is 0 Å². The molecule has 11 heteroatoms. The smallest absolute Gasteiger partial charge is 0.167 e. The van der Waals surface area contributed by atoms with E-state index in [1.807, 2.05) is 42.7 Å². The van der Waals surface area contributed by atoms with Crippen LogP contribution >= 0.6 is 0 Å². The predicted molar refractivity (Wildman–Crippen MR) is 155 cm³/mol. The molecule has 4 N–H and O–H groups in total. The van der Waals surface area contributed by atoms with E-state index >= 15 is 0 Å². The number of fused-ring (bicyclic) bond motifs is 2. The topological polar surface area (TPSA) is 144 Å². The van der Waals surface area contributed by atoms with E-state index in [1.54, 1.807) is 6.33 Å². The van der Waals surface area contributed by atoms with Gasteiger partial charge in [0.1, 0.15) is 35.9 Å². The lowest BCUT2D eigenvalue weighted by Gasteiger charge is -2.46. The first kappa shape index (κ1) is 28.0. The minimum atomic E-state index is -0.721. The number of hydrogen-bond acceptors (Lipinski definition) is 10. The van der Waals surface area contributed by atoms with Gasteiger partial charge in [0.2, 0.25) is 0 Å². The van der Waals surface area contributed by atoms with Crippen LogP contribution in [-0.4, -0.2) is 72.9 Å². The number of nitrogen functional groups attached to an aromatic ring is 2. The molecule has 3 fully saturated rings. The van der Waals surface area contributed by atoms with Gasteiger partial charge in [0, 0.05) is 37.2 Å². The molecule has 0 radical (unpaired) electrons. The van der Waals surface area contributed by atoms with Gasteiger partial charge in [-0.1, -0.05) is 18.2 Å². The first-order valence-corrected chi connectivity index (χ1v) is 14.6. The number of rotatable bonds is 10. The second kappa shape index (κ2) is 10.9. The molecule has 2 saturated heterocycles. The largest absolute Gasteiger partial charge is 0.398 e. The van der Waals surface area contributed by atoms with Gasteiger partial charge < -0.3 is 25.7 Å². The summed E-state index contributed by atoms with van der Waals surface area (Å²) in [5.41, 5.74) is 14.8. The Bertz CT molecular complexity index is 1400. The van der Waals surface area contributed by atoms with Crippen LogP contribution in [0.3, 0.4) is 0 Å². The molecule has 41 heavy (non-hydrogen) atoms. The number of Topliss-reactive ketones (excluding diaryl/α,β-unsaturated/α-hetero) is 1. The normalized spacial score (nSPS) is 28.8. The van der Waals surface area contributed by atoms with Crippen LogP contribution < -0.4 is 11.5 Å². The van der Waals surface area contributed by atoms with Gasteiger partial charge in [-0.05, 0) is 64.5 Å². The minimum absolute atomic E-state index is 0.192. The van der Waals surface area contributed by atoms with E-state index in [1.165, 1.54) is 6.33 Å². The molecule has 220 valence electrons. The first-order chi connectivity index (χ1) is 19.6. The van der Waals surface area contributed by atoms with Gasteiger partial charge >= 0.3 is 0 Å². The molecule has 3 aliphatic rings. The van der Waals surface area contributed by atoms with Gasteiger partial charge in [0.25, 0.3) is 0 Å². The first-order valence-electron chi connectivity index (χ1n) is 14.6. The van der Waals surface area contributed by atoms with Crippen molar-refractivity contribution in [3.63, 3.8) is 0 Å². The van der Waals surface area contributed by atoms with Crippen LogP contribution in [0.1, 0.15) is 65.2 Å². The van der Waals surface area contributed by atoms with Crippen molar-refractivity contribution in [1.29, 1.82) is 0 Å². The zero-order valence-corrected chi connectivity index (χ0v) is 24.3. The summed E-state index contributed by atoms with van der Waals surface area (Å²) in [6, 6.07) is 8.39. The Balaban J connectivity index is 1.09. The number of aromatic nitrogens is 4. The Hall–Kier alpha value is -3.12. The summed E-state index contributed by atoms with van der Waals surface area (Å²) in [5.74, 6) is 0.417. The van der Waals surface area contributed by atoms with E-state index in [4.69, 9.17) is 25.7 Å². The fraction of sp³-hybridized carbons (Fsp3) is 0.600. The number of ether oxygens (including phenoxy) is 3. The number of anilines is 2. The predicted octanol–water partition coefficient (Wildman–Crippen LogP) is 3.49. The zero-order chi connectivity index (χ0) is 28.9. The van der Waals surface area contributed by atoms with Crippen molar-refractivity contribution < 1.29 is 19.0 Å². The van der Waals surface area contributed by atoms with Gasteiger partial charge in [-0.25, -0.2) is 15.0 Å². The van der Waals surface area contributed by atoms with Crippen LogP contribution in [0.15, 0.2) is 36.9 Å². The van der Waals surface area contributed by atoms with Crippen LogP contribution in [0.2, 0.25) is 0 Å². The Morgan fingerprint density at radius 3 is 2.63 bits per heavy atom. The molecule has 0 amide bonds. The third-order valence-electron chi connectivity index (χ3n) is 8.79. The molecule has 2 aromatic heterocycles. The Kier molecular flexibility index (Phi) is 7.48. The zero-order valence-electron chi connectivity index (χ0n) is 24.3. The highest BCUT2D eigenvalue weighted by Gasteiger charge is 2.56. The van der Waals surface area contributed by atoms with E-state index < -0.39 is 12.0 Å². The number of hydrogen-bond donors (Lipinski definition) is 2. The van der Waals surface area contributed by atoms with E-state index in [0.29, 0.717) is 53.5 Å². The van der Waals surface area contributed by atoms with Gasteiger partial charge in [-0.2, -0.15) is 0 Å². The number of para-hydroxylation sites is 1. The highest BCUT2D eigenvalue weighted by atomic mass is 16.8. The van der Waals surface area contributed by atoms with Crippen LogP contribution in [-0.2, 0) is 25.4 Å². The number of ketones is 1. The molecule has 0 bridgehead atoms. The lowest BCUT2D eigenvalue weighted by atomic mass is 9.75. The Labute approximate surface area is 240 Å². The highest BCUT2D eigenvalue weighted by molar-refractivity contribution is 5.82. The van der Waals surface area contributed by atoms with Gasteiger partial charge in [-0.3, -0.25) is 14.3 Å². The number of carbonyl (C=O) groups excluding carboxylic acids is 1. The van der Waals surface area contributed by atoms with Crippen LogP contribution in [0.4, 0.5) is 11.5 Å². The summed E-state index contributed by atoms with van der Waals surface area (Å²) >= 11 is 0. The van der Waals surface area contributed by atoms with Gasteiger partial charge in [0.15, 0.2) is 23.5 Å². The molecular formula is C30H41N7O4. The molecule has 0 unspecified atom stereocenters. The van der Waals surface area contributed by atoms with Crippen molar-refractivity contribution in [1.82, 2.24) is 24.4 Å². The number of imidazole rings is 1. The molecule has 11 nitrogen and oxygen atoms in total. The van der Waals surface area contributed by atoms with Crippen molar-refractivity contribution in [2.24, 2.45) is 5.92 Å². The molecule has 1 saturated carbocycles. The fourth-order valence-corrected chi connectivity index (χ4v) is 6.64. The summed E-state index contributed by atoms with van der Waals surface area (Å²) in [4.78, 5) is 28.1. The molecule has 3 aromatic rings. The van der Waals surface area contributed by atoms with Crippen molar-refractivity contribution >= 4 is 28.5 Å². The standard InChI is InChI=1S/C30H41N7O4/c1-17(2)36(20-11-18(12-20)9-10-21(38)13-19-7-5-6-8-22(19)31)14-23-25-26(41-30(3,4)40-25)29(39-23)37-16-35-24-27(32)33-15-34-28(24)37/h5-8,15-18,20,23,25-26,29H,9-14,31H2,1-4H3,(H2,32,33,34)/t18?,20?,23-,25-,26-,29-/m1/s1. The van der Waals surface area contributed by atoms with E-state index in [2.05, 4.69) is 33.7 Å². The van der Waals surface area contributed by atoms with Crippen LogP contribution in [0.25, 0.3) is 11.2 Å². The maximum Gasteiger partial charge on any atom is 0.167 e. The second-order valence-corrected chi connectivity index (χ2v) is 12.4. The Morgan fingerprint density at radius 1 is 1.12 bits per heavy atom. The molecule has 0 spiro atoms. The van der Waals surface area contributed by atoms with Crippen LogP contribution in [0.5, 0.6) is 0 Å².